The lowest BCUT2D eigenvalue weighted by Crippen LogP contribution is -2.50. The molecule has 0 aliphatic carbocycles. The first kappa shape index (κ1) is 14.2. The average molecular weight is 253 g/mol. The molecule has 4 nitrogen and oxygen atoms in total. The molecule has 1 fully saturated rings. The molecule has 1 aliphatic heterocycles. The maximum Gasteiger partial charge on any atom is 0.405 e. The predicted molar refractivity (Wildman–Crippen MR) is 57.3 cm³/mol. The van der Waals surface area contributed by atoms with Crippen molar-refractivity contribution in [3.8, 4) is 0 Å². The van der Waals surface area contributed by atoms with Gasteiger partial charge in [-0.15, -0.1) is 0 Å². The summed E-state index contributed by atoms with van der Waals surface area (Å²) in [6, 6.07) is -1.66. The Morgan fingerprint density at radius 3 is 2.59 bits per heavy atom. The molecular formula is C10H18F3N3O. The van der Waals surface area contributed by atoms with Gasteiger partial charge in [-0.25, -0.2) is 0 Å². The second-order valence-electron chi connectivity index (χ2n) is 4.65. The van der Waals surface area contributed by atoms with Crippen molar-refractivity contribution in [2.24, 2.45) is 11.1 Å². The zero-order valence-corrected chi connectivity index (χ0v) is 9.97. The first-order chi connectivity index (χ1) is 7.74. The van der Waals surface area contributed by atoms with Crippen molar-refractivity contribution in [2.75, 3.05) is 26.7 Å². The number of hydrogen-bond donors (Lipinski definition) is 2. The Morgan fingerprint density at radius 2 is 2.18 bits per heavy atom. The quantitative estimate of drug-likeness (QED) is 0.762. The van der Waals surface area contributed by atoms with E-state index in [1.165, 1.54) is 11.9 Å². The van der Waals surface area contributed by atoms with Crippen LogP contribution in [0.25, 0.3) is 0 Å². The molecule has 2 atom stereocenters. The summed E-state index contributed by atoms with van der Waals surface area (Å²) in [4.78, 5) is 12.8. The molecular weight excluding hydrogens is 235 g/mol. The maximum absolute atomic E-state index is 12.7. The largest absolute Gasteiger partial charge is 0.405 e. The van der Waals surface area contributed by atoms with E-state index in [9.17, 15) is 18.0 Å². The Labute approximate surface area is 98.3 Å². The van der Waals surface area contributed by atoms with Crippen molar-refractivity contribution >= 4 is 5.91 Å². The van der Waals surface area contributed by atoms with Crippen LogP contribution in [0.3, 0.4) is 0 Å². The lowest BCUT2D eigenvalue weighted by molar-refractivity contribution is -0.179. The highest BCUT2D eigenvalue weighted by molar-refractivity contribution is 5.82. The number of carbonyl (C=O) groups is 1. The van der Waals surface area contributed by atoms with Crippen molar-refractivity contribution in [2.45, 2.75) is 25.6 Å². The highest BCUT2D eigenvalue weighted by Crippen LogP contribution is 2.35. The lowest BCUT2D eigenvalue weighted by Gasteiger charge is -2.30. The van der Waals surface area contributed by atoms with Crippen molar-refractivity contribution in [1.29, 1.82) is 0 Å². The standard InChI is InChI=1S/C10H18F3N3O/c1-9(8(17)15-2)3-4-16(6-9)7(5-14)10(11,12)13/h7H,3-6,14H2,1-2H3,(H,15,17). The highest BCUT2D eigenvalue weighted by atomic mass is 19.4. The van der Waals surface area contributed by atoms with E-state index in [0.717, 1.165) is 0 Å². The Hall–Kier alpha value is -0.820. The SMILES string of the molecule is CNC(=O)C1(C)CCN(C(CN)C(F)(F)F)C1. The third-order valence-electron chi connectivity index (χ3n) is 3.32. The zero-order valence-electron chi connectivity index (χ0n) is 9.97. The molecule has 1 aliphatic rings. The number of nitrogens with one attached hydrogen (secondary N) is 1. The monoisotopic (exact) mass is 253 g/mol. The molecule has 0 saturated carbocycles. The summed E-state index contributed by atoms with van der Waals surface area (Å²) in [6.07, 6.45) is -3.93. The number of halogens is 3. The molecule has 0 aromatic heterocycles. The van der Waals surface area contributed by atoms with Crippen LogP contribution in [0, 0.1) is 5.41 Å². The molecule has 1 rings (SSSR count). The first-order valence-corrected chi connectivity index (χ1v) is 5.47. The summed E-state index contributed by atoms with van der Waals surface area (Å²) < 4.78 is 38.1. The fourth-order valence-corrected chi connectivity index (χ4v) is 2.24. The van der Waals surface area contributed by atoms with E-state index in [0.29, 0.717) is 6.42 Å². The maximum atomic E-state index is 12.7. The smallest absolute Gasteiger partial charge is 0.359 e. The second kappa shape index (κ2) is 4.81. The van der Waals surface area contributed by atoms with Gasteiger partial charge in [0.1, 0.15) is 6.04 Å². The van der Waals surface area contributed by atoms with E-state index >= 15 is 0 Å². The summed E-state index contributed by atoms with van der Waals surface area (Å²) >= 11 is 0. The third-order valence-corrected chi connectivity index (χ3v) is 3.32. The van der Waals surface area contributed by atoms with Crippen LogP contribution in [0.1, 0.15) is 13.3 Å². The van der Waals surface area contributed by atoms with Gasteiger partial charge in [0.25, 0.3) is 0 Å². The van der Waals surface area contributed by atoms with Gasteiger partial charge >= 0.3 is 6.18 Å². The van der Waals surface area contributed by atoms with Gasteiger partial charge in [-0.2, -0.15) is 13.2 Å². The molecule has 3 N–H and O–H groups in total. The van der Waals surface area contributed by atoms with Gasteiger partial charge in [0.05, 0.1) is 5.41 Å². The number of nitrogens with zero attached hydrogens (tertiary/aromatic N) is 1. The molecule has 0 bridgehead atoms. The van der Waals surface area contributed by atoms with Crippen molar-refractivity contribution in [3.05, 3.63) is 0 Å². The molecule has 7 heteroatoms. The molecule has 17 heavy (non-hydrogen) atoms. The van der Waals surface area contributed by atoms with Crippen LogP contribution in [0.5, 0.6) is 0 Å². The van der Waals surface area contributed by atoms with Crippen LogP contribution in [0.4, 0.5) is 13.2 Å². The highest BCUT2D eigenvalue weighted by Gasteiger charge is 2.49. The molecule has 100 valence electrons. The van der Waals surface area contributed by atoms with Crippen molar-refractivity contribution in [1.82, 2.24) is 10.2 Å². The van der Waals surface area contributed by atoms with Crippen LogP contribution in [0.15, 0.2) is 0 Å². The minimum absolute atomic E-state index is 0.0913. The van der Waals surface area contributed by atoms with E-state index in [1.807, 2.05) is 0 Å². The lowest BCUT2D eigenvalue weighted by atomic mass is 9.89. The molecule has 0 aromatic carbocycles. The van der Waals surface area contributed by atoms with Gasteiger partial charge in [-0.3, -0.25) is 9.69 Å². The van der Waals surface area contributed by atoms with Crippen LogP contribution in [-0.2, 0) is 4.79 Å². The van der Waals surface area contributed by atoms with E-state index in [4.69, 9.17) is 5.73 Å². The molecule has 2 unspecified atom stereocenters. The third kappa shape index (κ3) is 2.90. The van der Waals surface area contributed by atoms with Gasteiger partial charge in [-0.1, -0.05) is 0 Å². The van der Waals surface area contributed by atoms with Crippen LogP contribution in [-0.4, -0.2) is 49.7 Å². The van der Waals surface area contributed by atoms with Crippen LogP contribution < -0.4 is 11.1 Å². The molecule has 0 aromatic rings. The minimum Gasteiger partial charge on any atom is -0.359 e. The van der Waals surface area contributed by atoms with Crippen LogP contribution >= 0.6 is 0 Å². The molecule has 1 amide bonds. The number of hydrogen-bond acceptors (Lipinski definition) is 3. The summed E-state index contributed by atoms with van der Waals surface area (Å²) in [5.74, 6) is -0.224. The van der Waals surface area contributed by atoms with Crippen molar-refractivity contribution < 1.29 is 18.0 Å². The van der Waals surface area contributed by atoms with E-state index in [-0.39, 0.29) is 19.0 Å². The number of alkyl halides is 3. The topological polar surface area (TPSA) is 58.4 Å². The van der Waals surface area contributed by atoms with E-state index < -0.39 is 24.2 Å². The normalized spacial score (nSPS) is 28.1. The fourth-order valence-electron chi connectivity index (χ4n) is 2.24. The second-order valence-corrected chi connectivity index (χ2v) is 4.65. The average Bonchev–Trinajstić information content (AvgIpc) is 2.60. The van der Waals surface area contributed by atoms with Gasteiger partial charge in [0.2, 0.25) is 5.91 Å². The Bertz CT molecular complexity index is 295. The Kier molecular flexibility index (Phi) is 4.03. The number of nitrogens with two attached hydrogens (primary N) is 1. The van der Waals surface area contributed by atoms with Gasteiger partial charge in [0.15, 0.2) is 0 Å². The molecule has 1 saturated heterocycles. The van der Waals surface area contributed by atoms with Gasteiger partial charge in [0, 0.05) is 20.1 Å². The first-order valence-electron chi connectivity index (χ1n) is 5.47. The summed E-state index contributed by atoms with van der Waals surface area (Å²) in [6.45, 7) is 1.53. The molecule has 0 radical (unpaired) electrons. The fraction of sp³-hybridized carbons (Fsp3) is 0.900. The number of carbonyl (C=O) groups excluding carboxylic acids is 1. The van der Waals surface area contributed by atoms with Crippen molar-refractivity contribution in [3.63, 3.8) is 0 Å². The number of rotatable bonds is 3. The summed E-state index contributed by atoms with van der Waals surface area (Å²) in [5, 5.41) is 2.49. The number of likely N-dealkylation sites (tertiary alicyclic amines) is 1. The number of amides is 1. The molecule has 0 spiro atoms. The predicted octanol–water partition coefficient (Wildman–Crippen LogP) is 0.334. The summed E-state index contributed by atoms with van der Waals surface area (Å²) in [5.41, 5.74) is 4.42. The summed E-state index contributed by atoms with van der Waals surface area (Å²) in [7, 11) is 1.49. The zero-order chi connectivity index (χ0) is 13.3. The minimum atomic E-state index is -4.34. The van der Waals surface area contributed by atoms with Crippen LogP contribution in [0.2, 0.25) is 0 Å². The Morgan fingerprint density at radius 1 is 1.59 bits per heavy atom. The van der Waals surface area contributed by atoms with E-state index in [2.05, 4.69) is 5.32 Å². The van der Waals surface area contributed by atoms with E-state index in [1.54, 1.807) is 6.92 Å². The molecule has 1 heterocycles. The van der Waals surface area contributed by atoms with Gasteiger partial charge < -0.3 is 11.1 Å². The van der Waals surface area contributed by atoms with Gasteiger partial charge in [-0.05, 0) is 19.9 Å². The Balaban J connectivity index is 2.76.